The van der Waals surface area contributed by atoms with Crippen LogP contribution in [-0.4, -0.2) is 19.3 Å². The lowest BCUT2D eigenvalue weighted by atomic mass is 10.4. The van der Waals surface area contributed by atoms with Gasteiger partial charge in [-0.15, -0.1) is 0 Å². The van der Waals surface area contributed by atoms with E-state index in [4.69, 9.17) is 5.02 Å². The molecule has 0 amide bonds. The van der Waals surface area contributed by atoms with E-state index in [9.17, 15) is 0 Å². The van der Waals surface area contributed by atoms with Gasteiger partial charge < -0.3 is 9.68 Å². The van der Waals surface area contributed by atoms with Gasteiger partial charge in [-0.05, 0) is 6.92 Å². The van der Waals surface area contributed by atoms with Gasteiger partial charge in [-0.3, -0.25) is 0 Å². The minimum absolute atomic E-state index is 0.156. The number of hydrogen-bond acceptors (Lipinski definition) is 2. The van der Waals surface area contributed by atoms with Crippen molar-refractivity contribution in [3.8, 4) is 0 Å². The summed E-state index contributed by atoms with van der Waals surface area (Å²) in [6.45, 7) is 6.78. The molecule has 0 rings (SSSR count). The zero-order valence-electron chi connectivity index (χ0n) is 6.68. The van der Waals surface area contributed by atoms with Gasteiger partial charge in [0.15, 0.2) is 0 Å². The van der Waals surface area contributed by atoms with Crippen LogP contribution in [0.4, 0.5) is 0 Å². The Morgan fingerprint density at radius 3 is 1.67 bits per heavy atom. The van der Waals surface area contributed by atoms with Gasteiger partial charge in [0, 0.05) is 6.61 Å². The lowest BCUT2D eigenvalue weighted by Gasteiger charge is -1.83. The summed E-state index contributed by atoms with van der Waals surface area (Å²) in [7, 11) is -0.156. The van der Waals surface area contributed by atoms with E-state index in [1.165, 1.54) is 12.8 Å². The van der Waals surface area contributed by atoms with Crippen LogP contribution in [0.5, 0.6) is 0 Å². The maximum atomic E-state index is 7.84. The molecule has 0 saturated carbocycles. The SMILES string of the molecule is CCCC.CCOBO. The van der Waals surface area contributed by atoms with Crippen molar-refractivity contribution in [1.82, 2.24) is 0 Å². The maximum Gasteiger partial charge on any atom is 0.435 e. The van der Waals surface area contributed by atoms with E-state index in [-0.39, 0.29) is 7.69 Å². The molecule has 0 radical (unpaired) electrons. The Bertz CT molecular complexity index is 30.2. The monoisotopic (exact) mass is 132 g/mol. The Labute approximate surface area is 58.5 Å². The number of rotatable bonds is 3. The van der Waals surface area contributed by atoms with Crippen molar-refractivity contribution in [1.29, 1.82) is 0 Å². The van der Waals surface area contributed by atoms with Crippen LogP contribution in [-0.2, 0) is 4.65 Å². The van der Waals surface area contributed by atoms with Crippen LogP contribution in [0.1, 0.15) is 33.6 Å². The molecule has 0 saturated heterocycles. The Morgan fingerprint density at radius 1 is 1.22 bits per heavy atom. The van der Waals surface area contributed by atoms with E-state index in [2.05, 4.69) is 18.5 Å². The second-order valence-electron chi connectivity index (χ2n) is 1.62. The lowest BCUT2D eigenvalue weighted by Crippen LogP contribution is -1.93. The van der Waals surface area contributed by atoms with Crippen molar-refractivity contribution in [2.24, 2.45) is 0 Å². The van der Waals surface area contributed by atoms with Crippen LogP contribution in [0.3, 0.4) is 0 Å². The smallest absolute Gasteiger partial charge is 0.430 e. The molecular formula is C6H17BO2. The van der Waals surface area contributed by atoms with Crippen molar-refractivity contribution >= 4 is 7.69 Å². The fourth-order valence-electron chi connectivity index (χ4n) is 0.0913. The van der Waals surface area contributed by atoms with E-state index >= 15 is 0 Å². The van der Waals surface area contributed by atoms with Crippen LogP contribution in [0.2, 0.25) is 0 Å². The molecule has 0 aliphatic rings. The highest BCUT2D eigenvalue weighted by atomic mass is 16.5. The summed E-state index contributed by atoms with van der Waals surface area (Å²) in [6.07, 6.45) is 2.64. The fraction of sp³-hybridized carbons (Fsp3) is 1.00. The van der Waals surface area contributed by atoms with Gasteiger partial charge in [-0.2, -0.15) is 0 Å². The predicted octanol–water partition coefficient (Wildman–Crippen LogP) is 1.09. The highest BCUT2D eigenvalue weighted by Crippen LogP contribution is 1.76. The van der Waals surface area contributed by atoms with Gasteiger partial charge in [0.25, 0.3) is 0 Å². The highest BCUT2D eigenvalue weighted by molar-refractivity contribution is 6.15. The van der Waals surface area contributed by atoms with Crippen molar-refractivity contribution in [2.75, 3.05) is 6.61 Å². The van der Waals surface area contributed by atoms with Crippen molar-refractivity contribution in [3.63, 3.8) is 0 Å². The Balaban J connectivity index is 0. The molecule has 2 nitrogen and oxygen atoms in total. The number of hydrogen-bond donors (Lipinski definition) is 1. The first-order chi connectivity index (χ1) is 4.33. The zero-order chi connectivity index (χ0) is 7.54. The van der Waals surface area contributed by atoms with Gasteiger partial charge in [0.1, 0.15) is 0 Å². The maximum absolute atomic E-state index is 7.84. The minimum Gasteiger partial charge on any atom is -0.430 e. The first kappa shape index (κ1) is 11.7. The first-order valence-corrected chi connectivity index (χ1v) is 3.51. The topological polar surface area (TPSA) is 29.5 Å². The first-order valence-electron chi connectivity index (χ1n) is 3.51. The molecule has 9 heavy (non-hydrogen) atoms. The largest absolute Gasteiger partial charge is 0.435 e. The zero-order valence-corrected chi connectivity index (χ0v) is 6.68. The molecule has 0 heterocycles. The molecule has 0 aromatic rings. The van der Waals surface area contributed by atoms with Gasteiger partial charge in [0.05, 0.1) is 0 Å². The van der Waals surface area contributed by atoms with E-state index in [0.717, 1.165) is 0 Å². The molecule has 0 unspecified atom stereocenters. The van der Waals surface area contributed by atoms with Crippen LogP contribution in [0.15, 0.2) is 0 Å². The quantitative estimate of drug-likeness (QED) is 0.582. The normalized spacial score (nSPS) is 7.56. The summed E-state index contributed by atoms with van der Waals surface area (Å²) in [5, 5.41) is 7.84. The summed E-state index contributed by atoms with van der Waals surface area (Å²) in [5.74, 6) is 0. The summed E-state index contributed by atoms with van der Waals surface area (Å²) in [6, 6.07) is 0. The Hall–Kier alpha value is -0.0151. The summed E-state index contributed by atoms with van der Waals surface area (Å²) >= 11 is 0. The predicted molar refractivity (Wildman–Crippen MR) is 41.6 cm³/mol. The standard InChI is InChI=1S/C4H10.C2H7BO2/c1-3-4-2;1-2-5-3-4/h3-4H2,1-2H3;3-4H,2H2,1H3. The van der Waals surface area contributed by atoms with Crippen molar-refractivity contribution in [2.45, 2.75) is 33.6 Å². The van der Waals surface area contributed by atoms with Crippen LogP contribution in [0, 0.1) is 0 Å². The molecule has 0 aromatic carbocycles. The van der Waals surface area contributed by atoms with Crippen LogP contribution < -0.4 is 0 Å². The third-order valence-electron chi connectivity index (χ3n) is 0.795. The van der Waals surface area contributed by atoms with Gasteiger partial charge in [-0.1, -0.05) is 26.7 Å². The Kier molecular flexibility index (Phi) is 20.5. The third kappa shape index (κ3) is 32.1. The Morgan fingerprint density at radius 2 is 1.67 bits per heavy atom. The molecule has 0 fully saturated rings. The molecule has 0 aliphatic carbocycles. The molecular weight excluding hydrogens is 115 g/mol. The average molecular weight is 132 g/mol. The minimum atomic E-state index is -0.156. The molecule has 0 aliphatic heterocycles. The third-order valence-corrected chi connectivity index (χ3v) is 0.795. The van der Waals surface area contributed by atoms with Crippen LogP contribution >= 0.6 is 0 Å². The molecule has 0 bridgehead atoms. The summed E-state index contributed by atoms with van der Waals surface area (Å²) in [4.78, 5) is 0. The van der Waals surface area contributed by atoms with Crippen molar-refractivity contribution < 1.29 is 9.68 Å². The summed E-state index contributed by atoms with van der Waals surface area (Å²) in [5.41, 5.74) is 0. The van der Waals surface area contributed by atoms with Gasteiger partial charge >= 0.3 is 7.69 Å². The molecule has 0 aromatic heterocycles. The molecule has 1 N–H and O–H groups in total. The molecule has 0 spiro atoms. The van der Waals surface area contributed by atoms with Gasteiger partial charge in [-0.25, -0.2) is 0 Å². The van der Waals surface area contributed by atoms with E-state index in [0.29, 0.717) is 6.61 Å². The molecule has 3 heteroatoms. The molecule has 0 atom stereocenters. The lowest BCUT2D eigenvalue weighted by molar-refractivity contribution is 0.302. The van der Waals surface area contributed by atoms with Crippen LogP contribution in [0.25, 0.3) is 0 Å². The van der Waals surface area contributed by atoms with Gasteiger partial charge in [0.2, 0.25) is 0 Å². The molecule has 56 valence electrons. The van der Waals surface area contributed by atoms with Crippen molar-refractivity contribution in [3.05, 3.63) is 0 Å². The second kappa shape index (κ2) is 15.7. The number of unbranched alkanes of at least 4 members (excludes halogenated alkanes) is 1. The summed E-state index contributed by atoms with van der Waals surface area (Å²) < 4.78 is 4.39. The fourth-order valence-corrected chi connectivity index (χ4v) is 0.0913. The second-order valence-corrected chi connectivity index (χ2v) is 1.62. The van der Waals surface area contributed by atoms with E-state index in [1.807, 2.05) is 6.92 Å². The van der Waals surface area contributed by atoms with E-state index < -0.39 is 0 Å². The van der Waals surface area contributed by atoms with E-state index in [1.54, 1.807) is 0 Å². The highest BCUT2D eigenvalue weighted by Gasteiger charge is 1.72. The average Bonchev–Trinajstić information content (AvgIpc) is 1.91.